The number of allylic oxidation sites excluding steroid dienone is 3. The van der Waals surface area contributed by atoms with E-state index in [1.54, 1.807) is 0 Å². The molecule has 268 valence electrons. The average molecular weight is 738 g/mol. The van der Waals surface area contributed by atoms with E-state index < -0.39 is 0 Å². The third-order valence-corrected chi connectivity index (χ3v) is 12.8. The van der Waals surface area contributed by atoms with Crippen molar-refractivity contribution in [2.45, 2.75) is 28.4 Å². The minimum absolute atomic E-state index is 0.237. The molecule has 1 aromatic heterocycles. The first-order valence-electron chi connectivity index (χ1n) is 19.3. The summed E-state index contributed by atoms with van der Waals surface area (Å²) in [6.07, 6.45) is 6.35. The Morgan fingerprint density at radius 1 is 0.571 bits per heavy atom. The predicted molar refractivity (Wildman–Crippen MR) is 234 cm³/mol. The van der Waals surface area contributed by atoms with Crippen LogP contribution in [0.25, 0.3) is 49.5 Å². The molecule has 4 nitrogen and oxygen atoms in total. The number of fused-ring (bicyclic) bond motifs is 6. The first-order valence-corrected chi connectivity index (χ1v) is 20.2. The number of rotatable bonds is 6. The molecule has 4 unspecified atom stereocenters. The van der Waals surface area contributed by atoms with Gasteiger partial charge in [-0.15, -0.1) is 11.8 Å². The van der Waals surface area contributed by atoms with Crippen LogP contribution in [0, 0.1) is 0 Å². The molecule has 56 heavy (non-hydrogen) atoms. The van der Waals surface area contributed by atoms with Gasteiger partial charge in [-0.2, -0.15) is 0 Å². The Labute approximate surface area is 331 Å². The highest BCUT2D eigenvalue weighted by molar-refractivity contribution is 8.01. The largest absolute Gasteiger partial charge is 0.613 e. The SMILES string of the molecule is C1=CC(c2ccc3c4ccccc4n(-c4ccc(C5=NC(c6cccc(-c7ccccc7)c6)[N-]C(c6ccccc6)N5)cc4)c3c2)C2Sc3ccccc3C2=C1. The Morgan fingerprint density at radius 3 is 2.18 bits per heavy atom. The highest BCUT2D eigenvalue weighted by atomic mass is 32.2. The van der Waals surface area contributed by atoms with Gasteiger partial charge in [0.05, 0.1) is 11.0 Å². The maximum Gasteiger partial charge on any atom is 0.126 e. The number of nitrogens with one attached hydrogen (secondary N) is 1. The minimum atomic E-state index is -0.356. The third-order valence-electron chi connectivity index (χ3n) is 11.4. The van der Waals surface area contributed by atoms with Crippen LogP contribution in [-0.4, -0.2) is 15.7 Å². The van der Waals surface area contributed by atoms with Crippen LogP contribution in [0.15, 0.2) is 204 Å². The zero-order valence-electron chi connectivity index (χ0n) is 30.5. The molecule has 1 aliphatic carbocycles. The van der Waals surface area contributed by atoms with E-state index in [0.29, 0.717) is 5.25 Å². The van der Waals surface area contributed by atoms with Gasteiger partial charge in [-0.25, -0.2) is 0 Å². The number of aliphatic imine (C=N–C) groups is 1. The molecular weight excluding hydrogens is 701 g/mol. The van der Waals surface area contributed by atoms with E-state index in [4.69, 9.17) is 10.3 Å². The summed E-state index contributed by atoms with van der Waals surface area (Å²) in [4.78, 5) is 6.62. The van der Waals surface area contributed by atoms with Crippen LogP contribution in [-0.2, 0) is 0 Å². The molecule has 1 N–H and O–H groups in total. The van der Waals surface area contributed by atoms with Crippen LogP contribution in [0.3, 0.4) is 0 Å². The van der Waals surface area contributed by atoms with Gasteiger partial charge >= 0.3 is 0 Å². The van der Waals surface area contributed by atoms with Gasteiger partial charge in [-0.3, -0.25) is 4.99 Å². The van der Waals surface area contributed by atoms with Crippen molar-refractivity contribution >= 4 is 45.0 Å². The molecule has 0 spiro atoms. The highest BCUT2D eigenvalue weighted by Crippen LogP contribution is 2.52. The van der Waals surface area contributed by atoms with Crippen molar-refractivity contribution in [2.24, 2.45) is 4.99 Å². The molecule has 3 heterocycles. The summed E-state index contributed by atoms with van der Waals surface area (Å²) in [6, 6.07) is 63.1. The molecule has 0 saturated heterocycles. The summed E-state index contributed by atoms with van der Waals surface area (Å²) < 4.78 is 2.42. The molecule has 0 saturated carbocycles. The number of nitrogens with zero attached hydrogens (tertiary/aromatic N) is 3. The molecule has 0 bridgehead atoms. The Bertz CT molecular complexity index is 2850. The number of amidine groups is 1. The smallest absolute Gasteiger partial charge is 0.126 e. The molecule has 7 aromatic carbocycles. The molecule has 11 rings (SSSR count). The number of hydrogen-bond donors (Lipinski definition) is 1. The van der Waals surface area contributed by atoms with E-state index in [9.17, 15) is 0 Å². The van der Waals surface area contributed by atoms with Crippen molar-refractivity contribution in [3.8, 4) is 16.8 Å². The van der Waals surface area contributed by atoms with E-state index in [0.717, 1.165) is 33.8 Å². The topological polar surface area (TPSA) is 43.4 Å². The van der Waals surface area contributed by atoms with Crippen molar-refractivity contribution < 1.29 is 0 Å². The summed E-state index contributed by atoms with van der Waals surface area (Å²) >= 11 is 2.00. The molecule has 4 atom stereocenters. The van der Waals surface area contributed by atoms with Crippen LogP contribution in [0.4, 0.5) is 0 Å². The Kier molecular flexibility index (Phi) is 8.08. The quantitative estimate of drug-likeness (QED) is 0.185. The van der Waals surface area contributed by atoms with E-state index in [-0.39, 0.29) is 18.2 Å². The fourth-order valence-electron chi connectivity index (χ4n) is 8.65. The Morgan fingerprint density at radius 2 is 1.30 bits per heavy atom. The minimum Gasteiger partial charge on any atom is -0.613 e. The van der Waals surface area contributed by atoms with Crippen molar-refractivity contribution in [1.82, 2.24) is 9.88 Å². The fourth-order valence-corrected chi connectivity index (χ4v) is 10.1. The normalized spacial score (nSPS) is 19.9. The second-order valence-corrected chi connectivity index (χ2v) is 15.9. The maximum absolute atomic E-state index is 5.25. The number of para-hydroxylation sites is 1. The van der Waals surface area contributed by atoms with Gasteiger partial charge in [0.15, 0.2) is 0 Å². The summed E-state index contributed by atoms with van der Waals surface area (Å²) in [7, 11) is 0. The summed E-state index contributed by atoms with van der Waals surface area (Å²) in [6.45, 7) is 0. The third kappa shape index (κ3) is 5.71. The van der Waals surface area contributed by atoms with Crippen LogP contribution in [0.1, 0.15) is 46.1 Å². The lowest BCUT2D eigenvalue weighted by Gasteiger charge is -2.44. The molecule has 0 fully saturated rings. The van der Waals surface area contributed by atoms with E-state index in [1.165, 1.54) is 49.0 Å². The molecule has 5 heteroatoms. The molecule has 2 aliphatic heterocycles. The van der Waals surface area contributed by atoms with E-state index in [1.807, 2.05) is 17.8 Å². The molecular formula is C51H37N4S-. The summed E-state index contributed by atoms with van der Waals surface area (Å²) in [5.41, 5.74) is 13.2. The van der Waals surface area contributed by atoms with Gasteiger partial charge in [0, 0.05) is 38.1 Å². The fraction of sp³-hybridized carbons (Fsp3) is 0.0784. The molecule has 3 aliphatic rings. The van der Waals surface area contributed by atoms with E-state index in [2.05, 4.69) is 198 Å². The monoisotopic (exact) mass is 737 g/mol. The maximum atomic E-state index is 5.25. The van der Waals surface area contributed by atoms with Crippen LogP contribution in [0.2, 0.25) is 0 Å². The second kappa shape index (κ2) is 13.7. The zero-order chi connectivity index (χ0) is 37.0. The second-order valence-electron chi connectivity index (χ2n) is 14.7. The van der Waals surface area contributed by atoms with Gasteiger partial charge in [0.2, 0.25) is 0 Å². The van der Waals surface area contributed by atoms with Gasteiger partial charge in [-0.1, -0.05) is 152 Å². The highest BCUT2D eigenvalue weighted by Gasteiger charge is 2.35. The average Bonchev–Trinajstić information content (AvgIpc) is 3.83. The van der Waals surface area contributed by atoms with E-state index >= 15 is 0 Å². The number of thioether (sulfide) groups is 1. The summed E-state index contributed by atoms with van der Waals surface area (Å²) in [5.74, 6) is 1.12. The lowest BCUT2D eigenvalue weighted by atomic mass is 9.85. The van der Waals surface area contributed by atoms with Gasteiger partial charge in [0.1, 0.15) is 5.84 Å². The van der Waals surface area contributed by atoms with Crippen molar-refractivity contribution in [3.63, 3.8) is 0 Å². The molecule has 0 amide bonds. The predicted octanol–water partition coefficient (Wildman–Crippen LogP) is 12.8. The van der Waals surface area contributed by atoms with Gasteiger partial charge in [-0.05, 0) is 93.7 Å². The van der Waals surface area contributed by atoms with Gasteiger partial charge in [0.25, 0.3) is 0 Å². The number of hydrogen-bond acceptors (Lipinski definition) is 3. The lowest BCUT2D eigenvalue weighted by molar-refractivity contribution is 0.631. The zero-order valence-corrected chi connectivity index (χ0v) is 31.4. The molecule has 8 aromatic rings. The summed E-state index contributed by atoms with van der Waals surface area (Å²) in [5, 5.41) is 11.8. The number of aromatic nitrogens is 1. The molecule has 0 radical (unpaired) electrons. The Balaban J connectivity index is 0.969. The first kappa shape index (κ1) is 33.0. The van der Waals surface area contributed by atoms with Crippen LogP contribution < -0.4 is 5.32 Å². The van der Waals surface area contributed by atoms with Crippen molar-refractivity contribution in [3.05, 3.63) is 227 Å². The first-order chi connectivity index (χ1) is 27.7. The standard InChI is InChI=1S/C51H37N4S/c1-3-13-33(14-4-1)36-17-11-18-38(31-36)51-53-49(34-15-5-2-6-16-34)52-50(54-51)35-25-28-39(29-26-35)55-45-23-9-7-19-41(45)42-30-27-37(32-46(42)55)40-21-12-22-44-43-20-8-10-24-47(43)56-48(40)44/h1-32,40,48-49,51H,(H,52,54)/q-1. The lowest BCUT2D eigenvalue weighted by Crippen LogP contribution is -2.34. The van der Waals surface area contributed by atoms with Crippen LogP contribution in [0.5, 0.6) is 0 Å². The van der Waals surface area contributed by atoms with Crippen molar-refractivity contribution in [2.75, 3.05) is 0 Å². The number of benzene rings is 7. The van der Waals surface area contributed by atoms with Crippen molar-refractivity contribution in [1.29, 1.82) is 0 Å². The Hall–Kier alpha value is -6.40. The van der Waals surface area contributed by atoms with Crippen LogP contribution >= 0.6 is 11.8 Å². The van der Waals surface area contributed by atoms with Gasteiger partial charge < -0.3 is 15.2 Å².